The van der Waals surface area contributed by atoms with E-state index in [9.17, 15) is 14.0 Å². The Balaban J connectivity index is 1.65. The molecule has 0 unspecified atom stereocenters. The van der Waals surface area contributed by atoms with Crippen LogP contribution in [0.5, 0.6) is 0 Å². The second-order valence-electron chi connectivity index (χ2n) is 6.96. The van der Waals surface area contributed by atoms with Crippen LogP contribution in [0, 0.1) is 12.7 Å². The van der Waals surface area contributed by atoms with E-state index in [-0.39, 0.29) is 29.6 Å². The van der Waals surface area contributed by atoms with Crippen molar-refractivity contribution in [2.75, 3.05) is 19.7 Å². The molecule has 1 saturated heterocycles. The molecule has 7 nitrogen and oxygen atoms in total. The summed E-state index contributed by atoms with van der Waals surface area (Å²) in [6.07, 6.45) is 0.981. The first kappa shape index (κ1) is 19.9. The van der Waals surface area contributed by atoms with E-state index in [0.717, 1.165) is 5.56 Å². The lowest BCUT2D eigenvalue weighted by atomic mass is 10.0. The Bertz CT molecular complexity index is 872. The largest absolute Gasteiger partial charge is 0.450 e. The number of piperidine rings is 1. The average molecular weight is 388 g/mol. The predicted molar refractivity (Wildman–Crippen MR) is 102 cm³/mol. The molecular formula is C20H25FN4O3. The maximum atomic E-state index is 14.2. The number of nitrogens with zero attached hydrogens (tertiary/aromatic N) is 3. The van der Waals surface area contributed by atoms with Gasteiger partial charge in [0, 0.05) is 31.7 Å². The van der Waals surface area contributed by atoms with E-state index in [2.05, 4.69) is 10.4 Å². The molecule has 2 amide bonds. The summed E-state index contributed by atoms with van der Waals surface area (Å²) >= 11 is 0. The number of amides is 2. The summed E-state index contributed by atoms with van der Waals surface area (Å²) in [6, 6.07) is 6.40. The van der Waals surface area contributed by atoms with E-state index in [1.54, 1.807) is 37.1 Å². The summed E-state index contributed by atoms with van der Waals surface area (Å²) in [7, 11) is 1.69. The van der Waals surface area contributed by atoms with Gasteiger partial charge < -0.3 is 15.0 Å². The number of benzene rings is 1. The van der Waals surface area contributed by atoms with E-state index in [1.807, 2.05) is 6.92 Å². The van der Waals surface area contributed by atoms with Crippen LogP contribution in [0.2, 0.25) is 0 Å². The minimum Gasteiger partial charge on any atom is -0.450 e. The number of nitrogens with one attached hydrogen (secondary N) is 1. The maximum Gasteiger partial charge on any atom is 0.409 e. The molecule has 1 fully saturated rings. The zero-order chi connectivity index (χ0) is 20.3. The lowest BCUT2D eigenvalue weighted by Gasteiger charge is -2.31. The first-order valence-electron chi connectivity index (χ1n) is 9.42. The molecule has 0 bridgehead atoms. The number of aromatic nitrogens is 2. The quantitative estimate of drug-likeness (QED) is 0.874. The van der Waals surface area contributed by atoms with Crippen molar-refractivity contribution in [3.05, 3.63) is 41.3 Å². The van der Waals surface area contributed by atoms with Gasteiger partial charge in [0.05, 0.1) is 12.3 Å². The number of likely N-dealkylation sites (tertiary alicyclic amines) is 1. The van der Waals surface area contributed by atoms with E-state index >= 15 is 0 Å². The van der Waals surface area contributed by atoms with Gasteiger partial charge in [0.1, 0.15) is 5.82 Å². The molecule has 0 saturated carbocycles. The van der Waals surface area contributed by atoms with E-state index < -0.39 is 0 Å². The molecule has 2 heterocycles. The first-order valence-corrected chi connectivity index (χ1v) is 9.42. The molecule has 0 radical (unpaired) electrons. The fourth-order valence-corrected chi connectivity index (χ4v) is 3.35. The summed E-state index contributed by atoms with van der Waals surface area (Å²) in [4.78, 5) is 26.0. The summed E-state index contributed by atoms with van der Waals surface area (Å²) in [6.45, 7) is 5.07. The summed E-state index contributed by atoms with van der Waals surface area (Å²) < 4.78 is 20.7. The Hall–Kier alpha value is -2.90. The van der Waals surface area contributed by atoms with Crippen LogP contribution in [0.3, 0.4) is 0 Å². The van der Waals surface area contributed by atoms with Crippen LogP contribution < -0.4 is 5.32 Å². The molecule has 1 aromatic heterocycles. The van der Waals surface area contributed by atoms with Crippen molar-refractivity contribution in [1.29, 1.82) is 0 Å². The van der Waals surface area contributed by atoms with Crippen molar-refractivity contribution >= 4 is 12.0 Å². The molecule has 1 aliphatic rings. The topological polar surface area (TPSA) is 76.5 Å². The molecule has 2 aromatic rings. The number of rotatable bonds is 4. The van der Waals surface area contributed by atoms with E-state index in [1.165, 1.54) is 10.7 Å². The third kappa shape index (κ3) is 4.32. The molecular weight excluding hydrogens is 363 g/mol. The van der Waals surface area contributed by atoms with Gasteiger partial charge in [0.15, 0.2) is 5.69 Å². The number of carbonyl (C=O) groups excluding carboxylic acids is 2. The Labute approximate surface area is 163 Å². The SMILES string of the molecule is CCOC(=O)N1CCC(NC(=O)c2cc(-c3cc(C)ccc3F)n(C)n2)CC1. The number of hydrogen-bond acceptors (Lipinski definition) is 4. The van der Waals surface area contributed by atoms with E-state index in [0.29, 0.717) is 43.8 Å². The number of hydrogen-bond donors (Lipinski definition) is 1. The van der Waals surface area contributed by atoms with Gasteiger partial charge in [-0.05, 0) is 44.9 Å². The number of ether oxygens (including phenoxy) is 1. The molecule has 1 aliphatic heterocycles. The standard InChI is InChI=1S/C20H25FN4O3/c1-4-28-20(27)25-9-7-14(8-10-25)22-19(26)17-12-18(24(3)23-17)15-11-13(2)5-6-16(15)21/h5-6,11-12,14H,4,7-10H2,1-3H3,(H,22,26). The second-order valence-corrected chi connectivity index (χ2v) is 6.96. The normalized spacial score (nSPS) is 14.8. The molecule has 1 aromatic carbocycles. The van der Waals surface area contributed by atoms with Crippen molar-refractivity contribution in [1.82, 2.24) is 20.0 Å². The molecule has 0 spiro atoms. The van der Waals surface area contributed by atoms with Gasteiger partial charge in [-0.2, -0.15) is 5.10 Å². The van der Waals surface area contributed by atoms with Crippen molar-refractivity contribution in [3.8, 4) is 11.3 Å². The van der Waals surface area contributed by atoms with Crippen LogP contribution in [0.1, 0.15) is 35.8 Å². The first-order chi connectivity index (χ1) is 13.4. The fourth-order valence-electron chi connectivity index (χ4n) is 3.35. The van der Waals surface area contributed by atoms with Crippen molar-refractivity contribution in [3.63, 3.8) is 0 Å². The zero-order valence-electron chi connectivity index (χ0n) is 16.4. The van der Waals surface area contributed by atoms with Crippen molar-refractivity contribution in [2.45, 2.75) is 32.7 Å². The third-order valence-corrected chi connectivity index (χ3v) is 4.87. The highest BCUT2D eigenvalue weighted by Crippen LogP contribution is 2.24. The Morgan fingerprint density at radius 1 is 1.29 bits per heavy atom. The summed E-state index contributed by atoms with van der Waals surface area (Å²) in [5.41, 5.74) is 2.13. The van der Waals surface area contributed by atoms with Crippen LogP contribution in [-0.2, 0) is 11.8 Å². The second kappa shape index (κ2) is 8.41. The molecule has 28 heavy (non-hydrogen) atoms. The smallest absolute Gasteiger partial charge is 0.409 e. The minimum atomic E-state index is -0.355. The van der Waals surface area contributed by atoms with Crippen LogP contribution >= 0.6 is 0 Å². The van der Waals surface area contributed by atoms with Gasteiger partial charge >= 0.3 is 6.09 Å². The Kier molecular flexibility index (Phi) is 5.96. The number of halogens is 1. The lowest BCUT2D eigenvalue weighted by Crippen LogP contribution is -2.46. The molecule has 8 heteroatoms. The van der Waals surface area contributed by atoms with E-state index in [4.69, 9.17) is 4.74 Å². The van der Waals surface area contributed by atoms with Crippen LogP contribution in [0.15, 0.2) is 24.3 Å². The van der Waals surface area contributed by atoms with Crippen molar-refractivity contribution in [2.24, 2.45) is 7.05 Å². The highest BCUT2D eigenvalue weighted by atomic mass is 19.1. The maximum absolute atomic E-state index is 14.2. The zero-order valence-corrected chi connectivity index (χ0v) is 16.4. The Morgan fingerprint density at radius 2 is 2.00 bits per heavy atom. The third-order valence-electron chi connectivity index (χ3n) is 4.87. The average Bonchev–Trinajstić information content (AvgIpc) is 3.06. The molecule has 3 rings (SSSR count). The van der Waals surface area contributed by atoms with Gasteiger partial charge in [-0.1, -0.05) is 11.6 Å². The van der Waals surface area contributed by atoms with Gasteiger partial charge in [-0.25, -0.2) is 9.18 Å². The minimum absolute atomic E-state index is 0.0423. The molecule has 1 N–H and O–H groups in total. The van der Waals surface area contributed by atoms with Crippen LogP contribution in [0.4, 0.5) is 9.18 Å². The van der Waals surface area contributed by atoms with Crippen molar-refractivity contribution < 1.29 is 18.7 Å². The van der Waals surface area contributed by atoms with Crippen LogP contribution in [-0.4, -0.2) is 52.4 Å². The van der Waals surface area contributed by atoms with Gasteiger partial charge in [0.25, 0.3) is 5.91 Å². The van der Waals surface area contributed by atoms with Crippen LogP contribution in [0.25, 0.3) is 11.3 Å². The number of aryl methyl sites for hydroxylation is 2. The summed E-state index contributed by atoms with van der Waals surface area (Å²) in [5.74, 6) is -0.656. The lowest BCUT2D eigenvalue weighted by molar-refractivity contribution is 0.0856. The van der Waals surface area contributed by atoms with Gasteiger partial charge in [-0.3, -0.25) is 9.48 Å². The van der Waals surface area contributed by atoms with Gasteiger partial charge in [-0.15, -0.1) is 0 Å². The fraction of sp³-hybridized carbons (Fsp3) is 0.450. The molecule has 0 aliphatic carbocycles. The predicted octanol–water partition coefficient (Wildman–Crippen LogP) is 2.89. The highest BCUT2D eigenvalue weighted by Gasteiger charge is 2.26. The monoisotopic (exact) mass is 388 g/mol. The number of carbonyl (C=O) groups is 2. The molecule has 0 atom stereocenters. The Morgan fingerprint density at radius 3 is 2.68 bits per heavy atom. The molecule has 150 valence electrons. The summed E-state index contributed by atoms with van der Waals surface area (Å²) in [5, 5.41) is 7.20. The highest BCUT2D eigenvalue weighted by molar-refractivity contribution is 5.93. The van der Waals surface area contributed by atoms with Gasteiger partial charge in [0.2, 0.25) is 0 Å².